The molecule has 0 radical (unpaired) electrons. The number of hydrogen-bond acceptors (Lipinski definition) is 4. The summed E-state index contributed by atoms with van der Waals surface area (Å²) in [6.45, 7) is 0.440. The van der Waals surface area contributed by atoms with Gasteiger partial charge in [0.1, 0.15) is 0 Å². The number of methoxy groups -OCH3 is 1. The van der Waals surface area contributed by atoms with Crippen LogP contribution in [-0.2, 0) is 20.9 Å². The molecular formula is C20H20N2O4. The zero-order valence-electron chi connectivity index (χ0n) is 14.4. The largest absolute Gasteiger partial charge is 0.465 e. The maximum absolute atomic E-state index is 12.4. The molecule has 2 unspecified atom stereocenters. The number of carbonyl (C=O) groups is 3. The first-order chi connectivity index (χ1) is 12.6. The highest BCUT2D eigenvalue weighted by atomic mass is 16.5. The molecule has 1 aliphatic rings. The van der Waals surface area contributed by atoms with Crippen LogP contribution in [0.3, 0.4) is 0 Å². The van der Waals surface area contributed by atoms with Gasteiger partial charge in [0, 0.05) is 6.54 Å². The van der Waals surface area contributed by atoms with Gasteiger partial charge in [-0.05, 0) is 24.1 Å². The molecule has 6 nitrogen and oxygen atoms in total. The smallest absolute Gasteiger partial charge is 0.339 e. The lowest BCUT2D eigenvalue weighted by atomic mass is 10.1. The number of nitrogens with one attached hydrogen (secondary N) is 2. The summed E-state index contributed by atoms with van der Waals surface area (Å²) in [5.74, 6) is -1.62. The Balaban J connectivity index is 1.54. The van der Waals surface area contributed by atoms with E-state index in [4.69, 9.17) is 4.74 Å². The summed E-state index contributed by atoms with van der Waals surface area (Å²) in [4.78, 5) is 36.3. The Kier molecular flexibility index (Phi) is 5.31. The lowest BCUT2D eigenvalue weighted by molar-refractivity contribution is -0.125. The Morgan fingerprint density at radius 3 is 2.35 bits per heavy atom. The van der Waals surface area contributed by atoms with Crippen molar-refractivity contribution in [3.8, 4) is 0 Å². The van der Waals surface area contributed by atoms with Crippen LogP contribution in [0.2, 0.25) is 0 Å². The fourth-order valence-corrected chi connectivity index (χ4v) is 2.80. The zero-order chi connectivity index (χ0) is 18.5. The minimum Gasteiger partial charge on any atom is -0.465 e. The molecule has 1 fully saturated rings. The second-order valence-electron chi connectivity index (χ2n) is 6.18. The number of esters is 1. The van der Waals surface area contributed by atoms with Crippen LogP contribution in [0.4, 0.5) is 5.69 Å². The molecule has 0 aliphatic heterocycles. The normalized spacial score (nSPS) is 17.9. The number of benzene rings is 2. The van der Waals surface area contributed by atoms with Crippen molar-refractivity contribution >= 4 is 23.5 Å². The first-order valence-electron chi connectivity index (χ1n) is 8.40. The van der Waals surface area contributed by atoms with Gasteiger partial charge in [0.15, 0.2) is 0 Å². The van der Waals surface area contributed by atoms with E-state index in [0.717, 1.165) is 5.56 Å². The van der Waals surface area contributed by atoms with E-state index in [1.165, 1.54) is 7.11 Å². The molecule has 134 valence electrons. The molecule has 2 N–H and O–H groups in total. The zero-order valence-corrected chi connectivity index (χ0v) is 14.4. The van der Waals surface area contributed by atoms with Crippen molar-refractivity contribution < 1.29 is 19.1 Å². The van der Waals surface area contributed by atoms with E-state index < -0.39 is 5.97 Å². The minimum atomic E-state index is -0.520. The van der Waals surface area contributed by atoms with Crippen molar-refractivity contribution in [1.82, 2.24) is 5.32 Å². The molecule has 0 bridgehead atoms. The highest BCUT2D eigenvalue weighted by Gasteiger charge is 2.48. The van der Waals surface area contributed by atoms with Crippen LogP contribution in [0.5, 0.6) is 0 Å². The molecule has 1 aliphatic carbocycles. The number of rotatable bonds is 6. The van der Waals surface area contributed by atoms with Gasteiger partial charge in [0.25, 0.3) is 0 Å². The van der Waals surface area contributed by atoms with Crippen molar-refractivity contribution in [3.05, 3.63) is 65.7 Å². The summed E-state index contributed by atoms with van der Waals surface area (Å²) in [6.07, 6.45) is 0.507. The molecular weight excluding hydrogens is 332 g/mol. The third-order valence-corrected chi connectivity index (χ3v) is 4.36. The van der Waals surface area contributed by atoms with Gasteiger partial charge in [-0.3, -0.25) is 9.59 Å². The molecule has 26 heavy (non-hydrogen) atoms. The number of carbonyl (C=O) groups excluding carboxylic acids is 3. The predicted octanol–water partition coefficient (Wildman–Crippen LogP) is 2.36. The highest BCUT2D eigenvalue weighted by molar-refractivity contribution is 6.04. The third-order valence-electron chi connectivity index (χ3n) is 4.36. The van der Waals surface area contributed by atoms with Crippen LogP contribution < -0.4 is 10.6 Å². The van der Waals surface area contributed by atoms with Gasteiger partial charge in [-0.1, -0.05) is 42.5 Å². The molecule has 0 aromatic heterocycles. The van der Waals surface area contributed by atoms with Crippen molar-refractivity contribution in [2.75, 3.05) is 12.4 Å². The van der Waals surface area contributed by atoms with Crippen LogP contribution in [0.15, 0.2) is 54.6 Å². The van der Waals surface area contributed by atoms with Crippen LogP contribution in [0.25, 0.3) is 0 Å². The van der Waals surface area contributed by atoms with Gasteiger partial charge in [-0.15, -0.1) is 0 Å². The SMILES string of the molecule is COC(=O)c1ccccc1NC(=O)C1CC1C(=O)NCc1ccccc1. The van der Waals surface area contributed by atoms with E-state index in [2.05, 4.69) is 10.6 Å². The molecule has 2 amide bonds. The number of para-hydroxylation sites is 1. The quantitative estimate of drug-likeness (QED) is 0.782. The second kappa shape index (κ2) is 7.82. The van der Waals surface area contributed by atoms with Crippen molar-refractivity contribution in [2.24, 2.45) is 11.8 Å². The van der Waals surface area contributed by atoms with E-state index >= 15 is 0 Å². The summed E-state index contributed by atoms with van der Waals surface area (Å²) < 4.78 is 4.71. The Morgan fingerprint density at radius 2 is 1.62 bits per heavy atom. The third kappa shape index (κ3) is 4.08. The average molecular weight is 352 g/mol. The maximum atomic E-state index is 12.4. The fraction of sp³-hybridized carbons (Fsp3) is 0.250. The predicted molar refractivity (Wildman–Crippen MR) is 96.3 cm³/mol. The van der Waals surface area contributed by atoms with Crippen LogP contribution >= 0.6 is 0 Å². The van der Waals surface area contributed by atoms with Gasteiger partial charge in [-0.25, -0.2) is 4.79 Å². The van der Waals surface area contributed by atoms with E-state index in [1.54, 1.807) is 24.3 Å². The van der Waals surface area contributed by atoms with Gasteiger partial charge < -0.3 is 15.4 Å². The van der Waals surface area contributed by atoms with Crippen LogP contribution in [-0.4, -0.2) is 24.9 Å². The molecule has 2 aromatic rings. The Bertz CT molecular complexity index is 820. The number of ether oxygens (including phenoxy) is 1. The van der Waals surface area contributed by atoms with Crippen molar-refractivity contribution in [1.29, 1.82) is 0 Å². The Morgan fingerprint density at radius 1 is 0.962 bits per heavy atom. The first-order valence-corrected chi connectivity index (χ1v) is 8.40. The van der Waals surface area contributed by atoms with E-state index in [9.17, 15) is 14.4 Å². The Hall–Kier alpha value is -3.15. The van der Waals surface area contributed by atoms with Gasteiger partial charge in [0.2, 0.25) is 11.8 Å². The van der Waals surface area contributed by atoms with E-state index in [-0.39, 0.29) is 29.2 Å². The standard InChI is InChI=1S/C20H20N2O4/c1-26-20(25)14-9-5-6-10-17(14)22-19(24)16-11-15(16)18(23)21-12-13-7-3-2-4-8-13/h2-10,15-16H,11-12H2,1H3,(H,21,23)(H,22,24). The monoisotopic (exact) mass is 352 g/mol. The van der Waals surface area contributed by atoms with Crippen LogP contribution in [0.1, 0.15) is 22.3 Å². The molecule has 3 rings (SSSR count). The lowest BCUT2D eigenvalue weighted by Crippen LogP contribution is -2.27. The molecule has 6 heteroatoms. The topological polar surface area (TPSA) is 84.5 Å². The summed E-state index contributed by atoms with van der Waals surface area (Å²) in [6, 6.07) is 16.2. The number of amides is 2. The van der Waals surface area contributed by atoms with Crippen molar-refractivity contribution in [2.45, 2.75) is 13.0 Å². The van der Waals surface area contributed by atoms with E-state index in [1.807, 2.05) is 30.3 Å². The van der Waals surface area contributed by atoms with Gasteiger partial charge in [0.05, 0.1) is 30.2 Å². The number of anilines is 1. The summed E-state index contributed by atoms with van der Waals surface area (Å²) >= 11 is 0. The average Bonchev–Trinajstić information content (AvgIpc) is 3.48. The fourth-order valence-electron chi connectivity index (χ4n) is 2.80. The van der Waals surface area contributed by atoms with Crippen LogP contribution in [0, 0.1) is 11.8 Å². The minimum absolute atomic E-state index is 0.129. The molecule has 2 atom stereocenters. The molecule has 0 spiro atoms. The first kappa shape index (κ1) is 17.7. The molecule has 0 heterocycles. The number of hydrogen-bond donors (Lipinski definition) is 2. The van der Waals surface area contributed by atoms with Gasteiger partial charge in [-0.2, -0.15) is 0 Å². The molecule has 0 saturated heterocycles. The van der Waals surface area contributed by atoms with E-state index in [0.29, 0.717) is 18.7 Å². The summed E-state index contributed by atoms with van der Waals surface area (Å²) in [5, 5.41) is 5.58. The van der Waals surface area contributed by atoms with Crippen molar-refractivity contribution in [3.63, 3.8) is 0 Å². The summed E-state index contributed by atoms with van der Waals surface area (Å²) in [5.41, 5.74) is 1.68. The molecule has 1 saturated carbocycles. The molecule has 2 aromatic carbocycles. The van der Waals surface area contributed by atoms with Gasteiger partial charge >= 0.3 is 5.97 Å². The lowest BCUT2D eigenvalue weighted by Gasteiger charge is -2.09. The Labute approximate surface area is 151 Å². The summed E-state index contributed by atoms with van der Waals surface area (Å²) in [7, 11) is 1.29. The highest BCUT2D eigenvalue weighted by Crippen LogP contribution is 2.39. The second-order valence-corrected chi connectivity index (χ2v) is 6.18. The maximum Gasteiger partial charge on any atom is 0.339 e.